The van der Waals surface area contributed by atoms with E-state index in [1.807, 2.05) is 18.2 Å². The number of benzene rings is 2. The van der Waals surface area contributed by atoms with Crippen LogP contribution in [0.3, 0.4) is 0 Å². The van der Waals surface area contributed by atoms with Crippen molar-refractivity contribution in [2.75, 3.05) is 32.8 Å². The van der Waals surface area contributed by atoms with Gasteiger partial charge in [-0.05, 0) is 60.5 Å². The largest absolute Gasteiger partial charge is 0.492 e. The summed E-state index contributed by atoms with van der Waals surface area (Å²) in [6.07, 6.45) is 0.986. The second kappa shape index (κ2) is 8.45. The minimum absolute atomic E-state index is 0.120. The van der Waals surface area contributed by atoms with Gasteiger partial charge in [0.25, 0.3) is 0 Å². The van der Waals surface area contributed by atoms with E-state index in [2.05, 4.69) is 36.2 Å². The van der Waals surface area contributed by atoms with Crippen molar-refractivity contribution < 1.29 is 9.13 Å². The number of rotatable bonds is 7. The van der Waals surface area contributed by atoms with Gasteiger partial charge in [0.2, 0.25) is 0 Å². The molecule has 1 aliphatic rings. The van der Waals surface area contributed by atoms with Gasteiger partial charge < -0.3 is 15.0 Å². The van der Waals surface area contributed by atoms with E-state index in [4.69, 9.17) is 4.74 Å². The van der Waals surface area contributed by atoms with Crippen LogP contribution in [-0.4, -0.2) is 37.7 Å². The van der Waals surface area contributed by atoms with E-state index >= 15 is 0 Å². The summed E-state index contributed by atoms with van der Waals surface area (Å²) in [5.41, 5.74) is 3.67. The molecule has 0 radical (unpaired) electrons. The quantitative estimate of drug-likeness (QED) is 0.829. The Morgan fingerprint density at radius 2 is 1.88 bits per heavy atom. The van der Waals surface area contributed by atoms with Gasteiger partial charge in [-0.1, -0.05) is 32.0 Å². The van der Waals surface area contributed by atoms with Gasteiger partial charge in [-0.15, -0.1) is 0 Å². The zero-order valence-corrected chi connectivity index (χ0v) is 15.1. The molecule has 3 rings (SSSR count). The topological polar surface area (TPSA) is 24.5 Å². The molecular weight excluding hydrogens is 315 g/mol. The van der Waals surface area contributed by atoms with E-state index in [-0.39, 0.29) is 11.9 Å². The van der Waals surface area contributed by atoms with E-state index in [9.17, 15) is 4.39 Å². The SMILES string of the molecule is CCN(CC)CCOc1ccc2c(c1)CCNC2c1ccc(F)cc1. The number of ether oxygens (including phenoxy) is 1. The summed E-state index contributed by atoms with van der Waals surface area (Å²) in [4.78, 5) is 2.35. The van der Waals surface area contributed by atoms with Crippen LogP contribution in [0.4, 0.5) is 4.39 Å². The zero-order valence-electron chi connectivity index (χ0n) is 15.1. The zero-order chi connectivity index (χ0) is 17.6. The van der Waals surface area contributed by atoms with Gasteiger partial charge in [-0.3, -0.25) is 0 Å². The van der Waals surface area contributed by atoms with Crippen molar-refractivity contribution in [1.82, 2.24) is 10.2 Å². The molecule has 0 aromatic heterocycles. The average Bonchev–Trinajstić information content (AvgIpc) is 2.65. The van der Waals surface area contributed by atoms with Crippen LogP contribution in [0.2, 0.25) is 0 Å². The third-order valence-corrected chi connectivity index (χ3v) is 4.94. The fourth-order valence-corrected chi connectivity index (χ4v) is 3.42. The van der Waals surface area contributed by atoms with E-state index in [1.165, 1.54) is 23.3 Å². The summed E-state index contributed by atoms with van der Waals surface area (Å²) in [6.45, 7) is 9.02. The summed E-state index contributed by atoms with van der Waals surface area (Å²) < 4.78 is 19.1. The fraction of sp³-hybridized carbons (Fsp3) is 0.429. The lowest BCUT2D eigenvalue weighted by atomic mass is 9.90. The van der Waals surface area contributed by atoms with E-state index in [1.54, 1.807) is 0 Å². The van der Waals surface area contributed by atoms with Gasteiger partial charge in [0.15, 0.2) is 0 Å². The van der Waals surface area contributed by atoms with Crippen LogP contribution >= 0.6 is 0 Å². The van der Waals surface area contributed by atoms with Crippen molar-refractivity contribution in [1.29, 1.82) is 0 Å². The summed E-state index contributed by atoms with van der Waals surface area (Å²) in [6, 6.07) is 13.2. The van der Waals surface area contributed by atoms with Crippen LogP contribution in [0, 0.1) is 5.82 Å². The van der Waals surface area contributed by atoms with E-state index < -0.39 is 0 Å². The Labute approximate surface area is 149 Å². The number of likely N-dealkylation sites (N-methyl/N-ethyl adjacent to an activating group) is 1. The monoisotopic (exact) mass is 342 g/mol. The predicted octanol–water partition coefficient (Wildman–Crippen LogP) is 3.78. The van der Waals surface area contributed by atoms with Crippen LogP contribution in [-0.2, 0) is 6.42 Å². The minimum atomic E-state index is -0.197. The lowest BCUT2D eigenvalue weighted by Crippen LogP contribution is -2.30. The summed E-state index contributed by atoms with van der Waals surface area (Å²) >= 11 is 0. The number of halogens is 1. The maximum absolute atomic E-state index is 13.2. The Balaban J connectivity index is 1.70. The first kappa shape index (κ1) is 17.9. The summed E-state index contributed by atoms with van der Waals surface area (Å²) in [5, 5.41) is 3.53. The molecule has 0 spiro atoms. The number of hydrogen-bond acceptors (Lipinski definition) is 3. The van der Waals surface area contributed by atoms with E-state index in [0.29, 0.717) is 6.61 Å². The van der Waals surface area contributed by atoms with Crippen LogP contribution in [0.25, 0.3) is 0 Å². The van der Waals surface area contributed by atoms with Gasteiger partial charge in [-0.2, -0.15) is 0 Å². The molecule has 1 aliphatic heterocycles. The van der Waals surface area contributed by atoms with Crippen molar-refractivity contribution in [3.8, 4) is 5.75 Å². The first-order valence-electron chi connectivity index (χ1n) is 9.18. The molecule has 0 bridgehead atoms. The summed E-state index contributed by atoms with van der Waals surface area (Å²) in [5.74, 6) is 0.738. The van der Waals surface area contributed by atoms with Gasteiger partial charge in [0.05, 0.1) is 6.04 Å². The van der Waals surface area contributed by atoms with Crippen molar-refractivity contribution in [3.63, 3.8) is 0 Å². The number of hydrogen-bond donors (Lipinski definition) is 1. The maximum Gasteiger partial charge on any atom is 0.123 e. The van der Waals surface area contributed by atoms with Crippen molar-refractivity contribution >= 4 is 0 Å². The Kier molecular flexibility index (Phi) is 6.05. The van der Waals surface area contributed by atoms with Crippen LogP contribution in [0.1, 0.15) is 36.6 Å². The number of nitrogens with one attached hydrogen (secondary N) is 1. The molecule has 0 fully saturated rings. The predicted molar refractivity (Wildman–Crippen MR) is 99.7 cm³/mol. The minimum Gasteiger partial charge on any atom is -0.492 e. The molecule has 25 heavy (non-hydrogen) atoms. The molecule has 3 nitrogen and oxygen atoms in total. The van der Waals surface area contributed by atoms with Gasteiger partial charge >= 0.3 is 0 Å². The molecule has 0 aliphatic carbocycles. The summed E-state index contributed by atoms with van der Waals surface area (Å²) in [7, 11) is 0. The van der Waals surface area contributed by atoms with Gasteiger partial charge in [0, 0.05) is 13.1 Å². The Bertz CT molecular complexity index is 683. The molecule has 1 heterocycles. The Morgan fingerprint density at radius 1 is 1.12 bits per heavy atom. The van der Waals surface area contributed by atoms with Crippen molar-refractivity contribution in [3.05, 3.63) is 65.0 Å². The average molecular weight is 342 g/mol. The molecule has 4 heteroatoms. The highest BCUT2D eigenvalue weighted by Crippen LogP contribution is 2.31. The van der Waals surface area contributed by atoms with Crippen molar-refractivity contribution in [2.24, 2.45) is 0 Å². The lowest BCUT2D eigenvalue weighted by molar-refractivity contribution is 0.222. The molecule has 2 aromatic carbocycles. The molecule has 1 unspecified atom stereocenters. The number of fused-ring (bicyclic) bond motifs is 1. The van der Waals surface area contributed by atoms with Crippen LogP contribution < -0.4 is 10.1 Å². The van der Waals surface area contributed by atoms with Gasteiger partial charge in [0.1, 0.15) is 18.2 Å². The van der Waals surface area contributed by atoms with Gasteiger partial charge in [-0.25, -0.2) is 4.39 Å². The standard InChI is InChI=1S/C21H27FN2O/c1-3-24(4-2)13-14-25-19-9-10-20-17(15-19)11-12-23-21(20)16-5-7-18(22)8-6-16/h5-10,15,21,23H,3-4,11-14H2,1-2H3. The lowest BCUT2D eigenvalue weighted by Gasteiger charge is -2.28. The first-order chi connectivity index (χ1) is 12.2. The Morgan fingerprint density at radius 3 is 2.60 bits per heavy atom. The second-order valence-electron chi connectivity index (χ2n) is 6.42. The molecule has 2 aromatic rings. The highest BCUT2D eigenvalue weighted by Gasteiger charge is 2.21. The Hall–Kier alpha value is -1.91. The highest BCUT2D eigenvalue weighted by atomic mass is 19.1. The molecule has 134 valence electrons. The smallest absolute Gasteiger partial charge is 0.123 e. The molecule has 0 saturated heterocycles. The van der Waals surface area contributed by atoms with Crippen LogP contribution in [0.15, 0.2) is 42.5 Å². The van der Waals surface area contributed by atoms with Crippen molar-refractivity contribution in [2.45, 2.75) is 26.3 Å². The molecule has 0 amide bonds. The molecule has 1 atom stereocenters. The molecule has 1 N–H and O–H groups in total. The third kappa shape index (κ3) is 4.39. The number of nitrogens with zero attached hydrogens (tertiary/aromatic N) is 1. The normalized spacial score (nSPS) is 16.7. The van der Waals surface area contributed by atoms with Crippen LogP contribution in [0.5, 0.6) is 5.75 Å². The molecule has 0 saturated carbocycles. The third-order valence-electron chi connectivity index (χ3n) is 4.94. The fourth-order valence-electron chi connectivity index (χ4n) is 3.42. The first-order valence-corrected chi connectivity index (χ1v) is 9.18. The molecular formula is C21H27FN2O. The van der Waals surface area contributed by atoms with E-state index in [0.717, 1.165) is 43.9 Å². The maximum atomic E-state index is 13.2. The highest BCUT2D eigenvalue weighted by molar-refractivity contribution is 5.43. The second-order valence-corrected chi connectivity index (χ2v) is 6.42.